The molecule has 0 aliphatic carbocycles. The third-order valence-electron chi connectivity index (χ3n) is 3.60. The van der Waals surface area contributed by atoms with Crippen molar-refractivity contribution in [2.75, 3.05) is 6.54 Å². The van der Waals surface area contributed by atoms with Crippen LogP contribution in [-0.2, 0) is 10.0 Å². The smallest absolute Gasteiger partial charge is 0.255 e. The van der Waals surface area contributed by atoms with Gasteiger partial charge in [0.15, 0.2) is 0 Å². The van der Waals surface area contributed by atoms with E-state index in [1.54, 1.807) is 4.90 Å². The second kappa shape index (κ2) is 6.24. The highest BCUT2D eigenvalue weighted by atomic mass is 79.9. The van der Waals surface area contributed by atoms with Crippen molar-refractivity contribution in [2.45, 2.75) is 37.1 Å². The van der Waals surface area contributed by atoms with Crippen LogP contribution in [-0.4, -0.2) is 31.8 Å². The fraction of sp³-hybridized carbons (Fsp3) is 0.462. The molecule has 8 heteroatoms. The maximum absolute atomic E-state index is 12.6. The van der Waals surface area contributed by atoms with E-state index >= 15 is 0 Å². The lowest BCUT2D eigenvalue weighted by molar-refractivity contribution is 0.0635. The van der Waals surface area contributed by atoms with Crippen molar-refractivity contribution in [1.82, 2.24) is 4.90 Å². The Morgan fingerprint density at radius 3 is 2.67 bits per heavy atom. The average molecular weight is 396 g/mol. The Labute approximate surface area is 137 Å². The maximum Gasteiger partial charge on any atom is 0.255 e. The number of hydrogen-bond donors (Lipinski definition) is 1. The molecule has 2 N–H and O–H groups in total. The summed E-state index contributed by atoms with van der Waals surface area (Å²) >= 11 is 9.30. The molecule has 2 rings (SSSR count). The highest BCUT2D eigenvalue weighted by molar-refractivity contribution is 9.10. The first-order chi connectivity index (χ1) is 9.71. The number of carbonyl (C=O) groups is 1. The molecule has 0 bridgehead atoms. The molecule has 1 aromatic rings. The minimum absolute atomic E-state index is 0.110. The number of primary sulfonamides is 1. The molecule has 0 saturated carbocycles. The van der Waals surface area contributed by atoms with E-state index in [2.05, 4.69) is 15.9 Å². The Hall–Kier alpha value is -0.630. The largest absolute Gasteiger partial charge is 0.336 e. The molecule has 0 radical (unpaired) electrons. The van der Waals surface area contributed by atoms with E-state index in [1.165, 1.54) is 12.1 Å². The van der Waals surface area contributed by atoms with Crippen LogP contribution in [0.3, 0.4) is 0 Å². The molecular formula is C13H16BrClN2O3S. The second-order valence-corrected chi connectivity index (χ2v) is 7.98. The van der Waals surface area contributed by atoms with Crippen molar-refractivity contribution in [2.24, 2.45) is 5.14 Å². The Kier molecular flexibility index (Phi) is 4.97. The van der Waals surface area contributed by atoms with Gasteiger partial charge in [-0.25, -0.2) is 13.6 Å². The van der Waals surface area contributed by atoms with Gasteiger partial charge in [-0.05, 0) is 38.3 Å². The lowest BCUT2D eigenvalue weighted by Crippen LogP contribution is -2.42. The van der Waals surface area contributed by atoms with E-state index in [9.17, 15) is 13.2 Å². The first kappa shape index (κ1) is 16.7. The highest BCUT2D eigenvalue weighted by Gasteiger charge is 2.28. The summed E-state index contributed by atoms with van der Waals surface area (Å²) in [5, 5.41) is 5.02. The van der Waals surface area contributed by atoms with Gasteiger partial charge in [-0.2, -0.15) is 0 Å². The molecular weight excluding hydrogens is 380 g/mol. The standard InChI is InChI=1S/C13H16BrClN2O3S/c1-8-4-2-3-5-17(8)13(18)10-6-9(14)7-11(12(10)15)21(16,19)20/h6-8H,2-5H2,1H3,(H2,16,19,20). The Bertz CT molecular complexity index is 678. The van der Waals surface area contributed by atoms with E-state index in [0.29, 0.717) is 11.0 Å². The first-order valence-corrected chi connectivity index (χ1v) is 9.26. The summed E-state index contributed by atoms with van der Waals surface area (Å²) in [5.74, 6) is -0.265. The lowest BCUT2D eigenvalue weighted by Gasteiger charge is -2.33. The topological polar surface area (TPSA) is 80.5 Å². The number of likely N-dealkylation sites (tertiary alicyclic amines) is 1. The van der Waals surface area contributed by atoms with Gasteiger partial charge < -0.3 is 4.90 Å². The molecule has 1 aromatic carbocycles. The molecule has 116 valence electrons. The Morgan fingerprint density at radius 2 is 2.10 bits per heavy atom. The highest BCUT2D eigenvalue weighted by Crippen LogP contribution is 2.31. The van der Waals surface area contributed by atoms with Crippen LogP contribution < -0.4 is 5.14 Å². The fourth-order valence-corrected chi connectivity index (χ4v) is 4.25. The summed E-state index contributed by atoms with van der Waals surface area (Å²) in [6.45, 7) is 2.62. The summed E-state index contributed by atoms with van der Waals surface area (Å²) in [5.41, 5.74) is 0.156. The van der Waals surface area contributed by atoms with Gasteiger partial charge in [0.25, 0.3) is 5.91 Å². The van der Waals surface area contributed by atoms with Crippen molar-refractivity contribution >= 4 is 43.5 Å². The molecule has 21 heavy (non-hydrogen) atoms. The van der Waals surface area contributed by atoms with E-state index in [4.69, 9.17) is 16.7 Å². The number of sulfonamides is 1. The van der Waals surface area contributed by atoms with Crippen LogP contribution in [0.2, 0.25) is 5.02 Å². The van der Waals surface area contributed by atoms with Gasteiger partial charge in [0, 0.05) is 17.1 Å². The van der Waals surface area contributed by atoms with E-state index in [1.807, 2.05) is 6.92 Å². The average Bonchev–Trinajstić information content (AvgIpc) is 2.39. The normalized spacial score (nSPS) is 19.6. The molecule has 1 atom stereocenters. The van der Waals surface area contributed by atoms with Gasteiger partial charge in [-0.3, -0.25) is 4.79 Å². The summed E-state index contributed by atoms with van der Waals surface area (Å²) in [6, 6.07) is 2.94. The van der Waals surface area contributed by atoms with Crippen molar-refractivity contribution < 1.29 is 13.2 Å². The lowest BCUT2D eigenvalue weighted by atomic mass is 10.0. The number of nitrogens with zero attached hydrogens (tertiary/aromatic N) is 1. The monoisotopic (exact) mass is 394 g/mol. The number of carbonyl (C=O) groups excluding carboxylic acids is 1. The van der Waals surface area contributed by atoms with Gasteiger partial charge in [-0.1, -0.05) is 27.5 Å². The fourth-order valence-electron chi connectivity index (χ4n) is 2.48. The Balaban J connectivity index is 2.49. The van der Waals surface area contributed by atoms with Crippen LogP contribution in [0.4, 0.5) is 0 Å². The molecule has 1 aliphatic heterocycles. The zero-order chi connectivity index (χ0) is 15.8. The van der Waals surface area contributed by atoms with Gasteiger partial charge in [0.05, 0.1) is 10.6 Å². The molecule has 1 fully saturated rings. The molecule has 1 saturated heterocycles. The van der Waals surface area contributed by atoms with Crippen LogP contribution >= 0.6 is 27.5 Å². The van der Waals surface area contributed by atoms with Crippen molar-refractivity contribution in [1.29, 1.82) is 0 Å². The molecule has 0 aromatic heterocycles. The van der Waals surface area contributed by atoms with Crippen LogP contribution in [0.5, 0.6) is 0 Å². The predicted molar refractivity (Wildman–Crippen MR) is 84.9 cm³/mol. The van der Waals surface area contributed by atoms with E-state index < -0.39 is 10.0 Å². The third kappa shape index (κ3) is 3.59. The van der Waals surface area contributed by atoms with Gasteiger partial charge >= 0.3 is 0 Å². The van der Waals surface area contributed by atoms with E-state index in [0.717, 1.165) is 19.3 Å². The molecule has 1 heterocycles. The van der Waals surface area contributed by atoms with E-state index in [-0.39, 0.29) is 27.4 Å². The van der Waals surface area contributed by atoms with Crippen LogP contribution in [0.1, 0.15) is 36.5 Å². The number of halogens is 2. The molecule has 1 aliphatic rings. The second-order valence-electron chi connectivity index (χ2n) is 5.15. The van der Waals surface area contributed by atoms with Gasteiger partial charge in [0.1, 0.15) is 4.90 Å². The number of rotatable bonds is 2. The van der Waals surface area contributed by atoms with Gasteiger partial charge in [0.2, 0.25) is 10.0 Å². The SMILES string of the molecule is CC1CCCCN1C(=O)c1cc(Br)cc(S(N)(=O)=O)c1Cl. The maximum atomic E-state index is 12.6. The van der Waals surface area contributed by atoms with Crippen LogP contribution in [0, 0.1) is 0 Å². The summed E-state index contributed by atoms with van der Waals surface area (Å²) in [6.07, 6.45) is 2.95. The van der Waals surface area contributed by atoms with Gasteiger partial charge in [-0.15, -0.1) is 0 Å². The quantitative estimate of drug-likeness (QED) is 0.836. The molecule has 1 amide bonds. The molecule has 5 nitrogen and oxygen atoms in total. The zero-order valence-electron chi connectivity index (χ0n) is 11.5. The summed E-state index contributed by atoms with van der Waals surface area (Å²) in [7, 11) is -3.99. The van der Waals surface area contributed by atoms with Crippen molar-refractivity contribution in [3.8, 4) is 0 Å². The van der Waals surface area contributed by atoms with Crippen LogP contribution in [0.15, 0.2) is 21.5 Å². The predicted octanol–water partition coefficient (Wildman–Crippen LogP) is 2.76. The number of amides is 1. The minimum atomic E-state index is -3.99. The summed E-state index contributed by atoms with van der Waals surface area (Å²) in [4.78, 5) is 14.1. The zero-order valence-corrected chi connectivity index (χ0v) is 14.6. The summed E-state index contributed by atoms with van der Waals surface area (Å²) < 4.78 is 23.6. The number of hydrogen-bond acceptors (Lipinski definition) is 3. The van der Waals surface area contributed by atoms with Crippen molar-refractivity contribution in [3.63, 3.8) is 0 Å². The first-order valence-electron chi connectivity index (χ1n) is 6.54. The molecule has 1 unspecified atom stereocenters. The van der Waals surface area contributed by atoms with Crippen LogP contribution in [0.25, 0.3) is 0 Å². The minimum Gasteiger partial charge on any atom is -0.336 e. The Morgan fingerprint density at radius 1 is 1.43 bits per heavy atom. The third-order valence-corrected chi connectivity index (χ3v) is 5.52. The van der Waals surface area contributed by atoms with Crippen molar-refractivity contribution in [3.05, 3.63) is 27.2 Å². The number of piperidine rings is 1. The molecule has 0 spiro atoms. The number of nitrogens with two attached hydrogens (primary N) is 1. The number of benzene rings is 1.